The zero-order valence-corrected chi connectivity index (χ0v) is 12.6. The van der Waals surface area contributed by atoms with E-state index in [-0.39, 0.29) is 5.91 Å². The number of carbonyl (C=O) groups excluding carboxylic acids is 1. The molecular weight excluding hydrogens is 278 g/mol. The molecule has 0 radical (unpaired) electrons. The predicted molar refractivity (Wildman–Crippen MR) is 83.3 cm³/mol. The Labute approximate surface area is 129 Å². The Morgan fingerprint density at radius 2 is 2.05 bits per heavy atom. The van der Waals surface area contributed by atoms with E-state index in [0.717, 1.165) is 30.8 Å². The van der Waals surface area contributed by atoms with Crippen molar-refractivity contribution in [1.29, 1.82) is 0 Å². The lowest BCUT2D eigenvalue weighted by atomic mass is 10.1. The topological polar surface area (TPSA) is 55.3 Å². The van der Waals surface area contributed by atoms with Crippen molar-refractivity contribution < 1.29 is 9.53 Å². The van der Waals surface area contributed by atoms with E-state index in [9.17, 15) is 4.79 Å². The summed E-state index contributed by atoms with van der Waals surface area (Å²) in [4.78, 5) is 13.2. The van der Waals surface area contributed by atoms with Gasteiger partial charge in [0.05, 0.1) is 12.3 Å². The van der Waals surface area contributed by atoms with E-state index in [1.165, 1.54) is 0 Å². The molecule has 1 amide bonds. The molecule has 1 aliphatic rings. The summed E-state index contributed by atoms with van der Waals surface area (Å²) in [6, 6.07) is 13.7. The highest BCUT2D eigenvalue weighted by molar-refractivity contribution is 5.73. The summed E-state index contributed by atoms with van der Waals surface area (Å²) in [5.74, 6) is 1.04. The van der Waals surface area contributed by atoms with Crippen molar-refractivity contribution in [3.8, 4) is 17.1 Å². The average molecular weight is 297 g/mol. The van der Waals surface area contributed by atoms with Gasteiger partial charge < -0.3 is 9.64 Å². The molecule has 1 saturated heterocycles. The van der Waals surface area contributed by atoms with E-state index in [4.69, 9.17) is 4.74 Å². The van der Waals surface area contributed by atoms with Crippen LogP contribution in [0, 0.1) is 5.92 Å². The van der Waals surface area contributed by atoms with Crippen molar-refractivity contribution >= 4 is 5.91 Å². The molecule has 22 heavy (non-hydrogen) atoms. The number of carbonyl (C=O) groups is 1. The molecule has 0 spiro atoms. The van der Waals surface area contributed by atoms with Crippen LogP contribution in [-0.4, -0.2) is 40.7 Å². The minimum atomic E-state index is 0.134. The fourth-order valence-electron chi connectivity index (χ4n) is 2.62. The SMILES string of the molecule is CC(=O)N1CCC(COc2ccc(-c3ccccc3)nn2)C1. The van der Waals surface area contributed by atoms with Gasteiger partial charge in [-0.1, -0.05) is 30.3 Å². The molecule has 5 nitrogen and oxygen atoms in total. The lowest BCUT2D eigenvalue weighted by molar-refractivity contribution is -0.127. The minimum Gasteiger partial charge on any atom is -0.476 e. The standard InChI is InChI=1S/C17H19N3O2/c1-13(21)20-10-9-14(11-20)12-22-17-8-7-16(18-19-17)15-5-3-2-4-6-15/h2-8,14H,9-12H2,1H3. The van der Waals surface area contributed by atoms with Crippen LogP contribution in [-0.2, 0) is 4.79 Å². The van der Waals surface area contributed by atoms with E-state index in [1.807, 2.05) is 47.4 Å². The zero-order chi connectivity index (χ0) is 15.4. The first-order valence-corrected chi connectivity index (χ1v) is 7.50. The zero-order valence-electron chi connectivity index (χ0n) is 12.6. The predicted octanol–water partition coefficient (Wildman–Crippen LogP) is 2.39. The van der Waals surface area contributed by atoms with Gasteiger partial charge in [0.2, 0.25) is 11.8 Å². The van der Waals surface area contributed by atoms with E-state index in [1.54, 1.807) is 6.92 Å². The van der Waals surface area contributed by atoms with Gasteiger partial charge >= 0.3 is 0 Å². The fourth-order valence-corrected chi connectivity index (χ4v) is 2.62. The summed E-state index contributed by atoms with van der Waals surface area (Å²) in [7, 11) is 0. The number of benzene rings is 1. The molecule has 5 heteroatoms. The maximum Gasteiger partial charge on any atom is 0.233 e. The van der Waals surface area contributed by atoms with Crippen LogP contribution >= 0.6 is 0 Å². The van der Waals surface area contributed by atoms with Gasteiger partial charge in [0.1, 0.15) is 0 Å². The molecule has 1 aromatic heterocycles. The molecule has 0 bridgehead atoms. The largest absolute Gasteiger partial charge is 0.476 e. The second kappa shape index (κ2) is 6.56. The van der Waals surface area contributed by atoms with E-state index in [2.05, 4.69) is 10.2 Å². The number of hydrogen-bond acceptors (Lipinski definition) is 4. The summed E-state index contributed by atoms with van der Waals surface area (Å²) in [6.45, 7) is 3.77. The van der Waals surface area contributed by atoms with Crippen LogP contribution < -0.4 is 4.74 Å². The number of rotatable bonds is 4. The molecule has 1 atom stereocenters. The smallest absolute Gasteiger partial charge is 0.233 e. The molecule has 2 heterocycles. The molecule has 2 aromatic rings. The van der Waals surface area contributed by atoms with Crippen molar-refractivity contribution in [3.63, 3.8) is 0 Å². The molecule has 1 aliphatic heterocycles. The summed E-state index contributed by atoms with van der Waals surface area (Å²) >= 11 is 0. The normalized spacial score (nSPS) is 17.5. The Morgan fingerprint density at radius 1 is 1.23 bits per heavy atom. The maximum atomic E-state index is 11.3. The monoisotopic (exact) mass is 297 g/mol. The molecule has 1 aromatic carbocycles. The third-order valence-corrected chi connectivity index (χ3v) is 3.91. The first-order chi connectivity index (χ1) is 10.7. The number of nitrogens with zero attached hydrogens (tertiary/aromatic N) is 3. The Bertz CT molecular complexity index is 628. The van der Waals surface area contributed by atoms with Gasteiger partial charge in [0.15, 0.2) is 0 Å². The molecule has 0 N–H and O–H groups in total. The molecule has 3 rings (SSSR count). The molecule has 1 unspecified atom stereocenters. The van der Waals surface area contributed by atoms with Gasteiger partial charge in [-0.3, -0.25) is 4.79 Å². The molecule has 0 aliphatic carbocycles. The average Bonchev–Trinajstić information content (AvgIpc) is 3.04. The highest BCUT2D eigenvalue weighted by atomic mass is 16.5. The summed E-state index contributed by atoms with van der Waals surface area (Å²) in [6.07, 6.45) is 0.981. The van der Waals surface area contributed by atoms with Gasteiger partial charge in [-0.05, 0) is 12.5 Å². The Kier molecular flexibility index (Phi) is 4.32. The van der Waals surface area contributed by atoms with Crippen LogP contribution in [0.25, 0.3) is 11.3 Å². The highest BCUT2D eigenvalue weighted by Gasteiger charge is 2.24. The van der Waals surface area contributed by atoms with Crippen molar-refractivity contribution in [2.45, 2.75) is 13.3 Å². The third kappa shape index (κ3) is 3.42. The fraction of sp³-hybridized carbons (Fsp3) is 0.353. The number of aromatic nitrogens is 2. The van der Waals surface area contributed by atoms with Gasteiger partial charge in [0, 0.05) is 37.6 Å². The number of amides is 1. The number of ether oxygens (including phenoxy) is 1. The first kappa shape index (κ1) is 14.5. The quantitative estimate of drug-likeness (QED) is 0.869. The van der Waals surface area contributed by atoms with Crippen LogP contribution in [0.1, 0.15) is 13.3 Å². The summed E-state index contributed by atoms with van der Waals surface area (Å²) < 4.78 is 5.70. The van der Waals surface area contributed by atoms with Gasteiger partial charge in [0.25, 0.3) is 0 Å². The van der Waals surface area contributed by atoms with Crippen LogP contribution in [0.15, 0.2) is 42.5 Å². The lowest BCUT2D eigenvalue weighted by Gasteiger charge is -2.14. The second-order valence-electron chi connectivity index (χ2n) is 5.55. The summed E-state index contributed by atoms with van der Waals surface area (Å²) in [5, 5.41) is 8.32. The van der Waals surface area contributed by atoms with Crippen LogP contribution in [0.3, 0.4) is 0 Å². The second-order valence-corrected chi connectivity index (χ2v) is 5.55. The number of likely N-dealkylation sites (tertiary alicyclic amines) is 1. The third-order valence-electron chi connectivity index (χ3n) is 3.91. The van der Waals surface area contributed by atoms with Gasteiger partial charge in [-0.2, -0.15) is 0 Å². The molecule has 1 fully saturated rings. The van der Waals surface area contributed by atoms with Crippen LogP contribution in [0.4, 0.5) is 0 Å². The lowest BCUT2D eigenvalue weighted by Crippen LogP contribution is -2.27. The van der Waals surface area contributed by atoms with Gasteiger partial charge in [-0.15, -0.1) is 10.2 Å². The Balaban J connectivity index is 1.55. The maximum absolute atomic E-state index is 11.3. The van der Waals surface area contributed by atoms with Crippen LogP contribution in [0.2, 0.25) is 0 Å². The van der Waals surface area contributed by atoms with Gasteiger partial charge in [-0.25, -0.2) is 0 Å². The van der Waals surface area contributed by atoms with E-state index in [0.29, 0.717) is 18.4 Å². The molecular formula is C17H19N3O2. The highest BCUT2D eigenvalue weighted by Crippen LogP contribution is 2.19. The van der Waals surface area contributed by atoms with Crippen molar-refractivity contribution in [3.05, 3.63) is 42.5 Å². The van der Waals surface area contributed by atoms with E-state index < -0.39 is 0 Å². The van der Waals surface area contributed by atoms with Crippen LogP contribution in [0.5, 0.6) is 5.88 Å². The minimum absolute atomic E-state index is 0.134. The van der Waals surface area contributed by atoms with Crippen molar-refractivity contribution in [1.82, 2.24) is 15.1 Å². The summed E-state index contributed by atoms with van der Waals surface area (Å²) in [5.41, 5.74) is 1.87. The molecule has 0 saturated carbocycles. The number of hydrogen-bond donors (Lipinski definition) is 0. The molecule has 114 valence electrons. The van der Waals surface area contributed by atoms with Crippen molar-refractivity contribution in [2.75, 3.05) is 19.7 Å². The van der Waals surface area contributed by atoms with E-state index >= 15 is 0 Å². The Hall–Kier alpha value is -2.43. The van der Waals surface area contributed by atoms with Crippen molar-refractivity contribution in [2.24, 2.45) is 5.92 Å². The Morgan fingerprint density at radius 3 is 2.68 bits per heavy atom. The first-order valence-electron chi connectivity index (χ1n) is 7.50.